The molecule has 0 bridgehead atoms. The monoisotopic (exact) mass is 374 g/mol. The van der Waals surface area contributed by atoms with Crippen LogP contribution in [0.15, 0.2) is 78.5 Å². The smallest absolute Gasteiger partial charge is 0.268 e. The Morgan fingerprint density at radius 3 is 2.18 bits per heavy atom. The minimum absolute atomic E-state index is 0.177. The second-order valence-electron chi connectivity index (χ2n) is 6.98. The molecule has 2 N–H and O–H groups in total. The van der Waals surface area contributed by atoms with Crippen molar-refractivity contribution in [3.63, 3.8) is 0 Å². The van der Waals surface area contributed by atoms with E-state index in [0.717, 1.165) is 31.2 Å². The van der Waals surface area contributed by atoms with Gasteiger partial charge in [0.2, 0.25) is 0 Å². The first kappa shape index (κ1) is 19.6. The van der Waals surface area contributed by atoms with Crippen LogP contribution in [0.25, 0.3) is 6.08 Å². The first-order valence-electron chi connectivity index (χ1n) is 9.83. The number of carbonyl (C=O) groups excluding carboxylic acids is 2. The van der Waals surface area contributed by atoms with Gasteiger partial charge in [0.05, 0.1) is 0 Å². The van der Waals surface area contributed by atoms with Crippen LogP contribution < -0.4 is 10.6 Å². The van der Waals surface area contributed by atoms with Crippen molar-refractivity contribution in [1.29, 1.82) is 0 Å². The lowest BCUT2D eigenvalue weighted by molar-refractivity contribution is -0.118. The standard InChI is InChI=1S/C24H26N2O2/c27-23(20-14-6-2-7-15-20)26-22(18-10-13-19-11-4-1-5-12-19)24(28)25-21-16-8-3-9-17-21/h1-2,4-7,10-15,18,21H,3,8-9,16-17H2,(H,25,28)(H,26,27)/b13-10+,22-18-. The van der Waals surface area contributed by atoms with Gasteiger partial charge in [0.15, 0.2) is 0 Å². The molecule has 4 heteroatoms. The van der Waals surface area contributed by atoms with E-state index in [4.69, 9.17) is 0 Å². The summed E-state index contributed by atoms with van der Waals surface area (Å²) in [5.41, 5.74) is 1.80. The van der Waals surface area contributed by atoms with Gasteiger partial charge < -0.3 is 10.6 Å². The van der Waals surface area contributed by atoms with E-state index in [9.17, 15) is 9.59 Å². The molecule has 3 rings (SSSR count). The fourth-order valence-corrected chi connectivity index (χ4v) is 3.29. The molecule has 0 saturated heterocycles. The molecule has 1 fully saturated rings. The Bertz CT molecular complexity index is 835. The molecule has 2 aromatic carbocycles. The zero-order valence-corrected chi connectivity index (χ0v) is 15.9. The topological polar surface area (TPSA) is 58.2 Å². The molecule has 0 aliphatic heterocycles. The van der Waals surface area contributed by atoms with E-state index >= 15 is 0 Å². The number of allylic oxidation sites excluding steroid dienone is 2. The number of benzene rings is 2. The Kier molecular flexibility index (Phi) is 7.19. The van der Waals surface area contributed by atoms with Crippen LogP contribution in [0.1, 0.15) is 48.0 Å². The third-order valence-electron chi connectivity index (χ3n) is 4.82. The number of nitrogens with one attached hydrogen (secondary N) is 2. The molecule has 0 atom stereocenters. The summed E-state index contributed by atoms with van der Waals surface area (Å²) in [6.07, 6.45) is 10.8. The quantitative estimate of drug-likeness (QED) is 0.579. The average Bonchev–Trinajstić information content (AvgIpc) is 2.75. The van der Waals surface area contributed by atoms with Crippen LogP contribution in [0.3, 0.4) is 0 Å². The minimum Gasteiger partial charge on any atom is -0.348 e. The predicted octanol–water partition coefficient (Wildman–Crippen LogP) is 4.46. The molecular weight excluding hydrogens is 348 g/mol. The Morgan fingerprint density at radius 2 is 1.50 bits per heavy atom. The van der Waals surface area contributed by atoms with Gasteiger partial charge in [0.1, 0.15) is 5.70 Å². The lowest BCUT2D eigenvalue weighted by Gasteiger charge is -2.23. The first-order chi connectivity index (χ1) is 13.7. The number of rotatable bonds is 6. The Balaban J connectivity index is 1.74. The zero-order chi connectivity index (χ0) is 19.6. The SMILES string of the molecule is O=C(NC1CCCCC1)/C(=C/C=C/c1ccccc1)NC(=O)c1ccccc1. The molecule has 0 aromatic heterocycles. The third kappa shape index (κ3) is 5.95. The molecule has 2 amide bonds. The Labute approximate surface area is 166 Å². The summed E-state index contributed by atoms with van der Waals surface area (Å²) < 4.78 is 0. The van der Waals surface area contributed by atoms with E-state index in [1.54, 1.807) is 36.4 Å². The maximum atomic E-state index is 12.8. The third-order valence-corrected chi connectivity index (χ3v) is 4.82. The molecule has 0 heterocycles. The maximum absolute atomic E-state index is 12.8. The van der Waals surface area contributed by atoms with Crippen LogP contribution >= 0.6 is 0 Å². The van der Waals surface area contributed by atoms with E-state index < -0.39 is 0 Å². The van der Waals surface area contributed by atoms with Gasteiger partial charge in [-0.3, -0.25) is 9.59 Å². The van der Waals surface area contributed by atoms with Crippen molar-refractivity contribution < 1.29 is 9.59 Å². The fourth-order valence-electron chi connectivity index (χ4n) is 3.29. The Morgan fingerprint density at radius 1 is 0.857 bits per heavy atom. The fraction of sp³-hybridized carbons (Fsp3) is 0.250. The largest absolute Gasteiger partial charge is 0.348 e. The Hall–Kier alpha value is -3.14. The van der Waals surface area contributed by atoms with E-state index in [2.05, 4.69) is 10.6 Å². The molecule has 0 spiro atoms. The van der Waals surface area contributed by atoms with E-state index in [0.29, 0.717) is 5.56 Å². The molecular formula is C24H26N2O2. The van der Waals surface area contributed by atoms with E-state index in [1.807, 2.05) is 42.5 Å². The molecule has 28 heavy (non-hydrogen) atoms. The normalized spacial score (nSPS) is 15.4. The average molecular weight is 374 g/mol. The van der Waals surface area contributed by atoms with Crippen molar-refractivity contribution in [2.24, 2.45) is 0 Å². The summed E-state index contributed by atoms with van der Waals surface area (Å²) in [7, 11) is 0. The molecule has 4 nitrogen and oxygen atoms in total. The number of carbonyl (C=O) groups is 2. The highest BCUT2D eigenvalue weighted by Crippen LogP contribution is 2.17. The highest BCUT2D eigenvalue weighted by molar-refractivity contribution is 6.03. The maximum Gasteiger partial charge on any atom is 0.268 e. The van der Waals surface area contributed by atoms with Gasteiger partial charge in [-0.2, -0.15) is 0 Å². The van der Waals surface area contributed by atoms with Gasteiger partial charge in [-0.1, -0.05) is 79.9 Å². The lowest BCUT2D eigenvalue weighted by Crippen LogP contribution is -2.41. The molecule has 0 radical (unpaired) electrons. The number of hydrogen-bond acceptors (Lipinski definition) is 2. The summed E-state index contributed by atoms with van der Waals surface area (Å²) in [6, 6.07) is 18.9. The number of hydrogen-bond donors (Lipinski definition) is 2. The van der Waals surface area contributed by atoms with Crippen LogP contribution in [-0.2, 0) is 4.79 Å². The second-order valence-corrected chi connectivity index (χ2v) is 6.98. The highest BCUT2D eigenvalue weighted by Gasteiger charge is 2.19. The van der Waals surface area contributed by atoms with E-state index in [1.165, 1.54) is 6.42 Å². The van der Waals surface area contributed by atoms with Crippen molar-refractivity contribution in [1.82, 2.24) is 10.6 Å². The van der Waals surface area contributed by atoms with Crippen LogP contribution in [0.5, 0.6) is 0 Å². The highest BCUT2D eigenvalue weighted by atomic mass is 16.2. The van der Waals surface area contributed by atoms with Gasteiger partial charge in [-0.25, -0.2) is 0 Å². The van der Waals surface area contributed by atoms with Gasteiger partial charge >= 0.3 is 0 Å². The molecule has 1 aliphatic carbocycles. The first-order valence-corrected chi connectivity index (χ1v) is 9.83. The minimum atomic E-state index is -0.293. The van der Waals surface area contributed by atoms with Crippen molar-refractivity contribution in [3.05, 3.63) is 89.6 Å². The van der Waals surface area contributed by atoms with E-state index in [-0.39, 0.29) is 23.6 Å². The summed E-state index contributed by atoms with van der Waals surface area (Å²) in [4.78, 5) is 25.3. The van der Waals surface area contributed by atoms with Crippen molar-refractivity contribution >= 4 is 17.9 Å². The molecule has 144 valence electrons. The summed E-state index contributed by atoms with van der Waals surface area (Å²) in [5, 5.41) is 5.84. The van der Waals surface area contributed by atoms with Crippen LogP contribution in [0.2, 0.25) is 0 Å². The van der Waals surface area contributed by atoms with Gasteiger partial charge in [0, 0.05) is 11.6 Å². The molecule has 1 aliphatic rings. The van der Waals surface area contributed by atoms with Crippen LogP contribution in [0, 0.1) is 0 Å². The molecule has 2 aromatic rings. The van der Waals surface area contributed by atoms with Gasteiger partial charge in [-0.05, 0) is 36.6 Å². The molecule has 1 saturated carbocycles. The van der Waals surface area contributed by atoms with Crippen molar-refractivity contribution in [2.75, 3.05) is 0 Å². The van der Waals surface area contributed by atoms with Gasteiger partial charge in [0.25, 0.3) is 11.8 Å². The van der Waals surface area contributed by atoms with Crippen LogP contribution in [0.4, 0.5) is 0 Å². The lowest BCUT2D eigenvalue weighted by atomic mass is 9.95. The summed E-state index contributed by atoms with van der Waals surface area (Å²) >= 11 is 0. The van der Waals surface area contributed by atoms with Crippen molar-refractivity contribution in [3.8, 4) is 0 Å². The van der Waals surface area contributed by atoms with Gasteiger partial charge in [-0.15, -0.1) is 0 Å². The summed E-state index contributed by atoms with van der Waals surface area (Å²) in [5.74, 6) is -0.535. The second kappa shape index (κ2) is 10.3. The predicted molar refractivity (Wildman–Crippen MR) is 112 cm³/mol. The summed E-state index contributed by atoms with van der Waals surface area (Å²) in [6.45, 7) is 0. The van der Waals surface area contributed by atoms with Crippen LogP contribution in [-0.4, -0.2) is 17.9 Å². The van der Waals surface area contributed by atoms with Crippen molar-refractivity contribution in [2.45, 2.75) is 38.1 Å². The molecule has 0 unspecified atom stereocenters. The number of amides is 2. The zero-order valence-electron chi connectivity index (χ0n) is 15.9.